The Hall–Kier alpha value is -1.86. The van der Waals surface area contributed by atoms with Crippen LogP contribution in [-0.2, 0) is 0 Å². The number of aromatic nitrogens is 4. The molecule has 2 heterocycles. The van der Waals surface area contributed by atoms with E-state index in [1.54, 1.807) is 17.0 Å². The number of tetrazole rings is 1. The summed E-state index contributed by atoms with van der Waals surface area (Å²) in [5, 5.41) is 12.6. The van der Waals surface area contributed by atoms with Crippen LogP contribution in [0.2, 0.25) is 0 Å². The zero-order valence-electron chi connectivity index (χ0n) is 16.4. The molecule has 1 saturated carbocycles. The monoisotopic (exact) mass is 374 g/mol. The van der Waals surface area contributed by atoms with Crippen LogP contribution in [0.4, 0.5) is 4.39 Å². The van der Waals surface area contributed by atoms with Crippen LogP contribution in [-0.4, -0.2) is 52.4 Å². The molecule has 2 aromatic rings. The van der Waals surface area contributed by atoms with E-state index >= 15 is 0 Å². The third-order valence-corrected chi connectivity index (χ3v) is 6.34. The van der Waals surface area contributed by atoms with Crippen LogP contribution in [0.3, 0.4) is 0 Å². The highest BCUT2D eigenvalue weighted by atomic mass is 19.1. The van der Waals surface area contributed by atoms with E-state index in [1.165, 1.54) is 43.7 Å². The lowest BCUT2D eigenvalue weighted by Gasteiger charge is -2.36. The van der Waals surface area contributed by atoms with Gasteiger partial charge in [0.2, 0.25) is 5.82 Å². The van der Waals surface area contributed by atoms with Crippen LogP contribution < -0.4 is 9.80 Å². The molecule has 0 bridgehead atoms. The van der Waals surface area contributed by atoms with Gasteiger partial charge in [0.05, 0.1) is 12.1 Å². The zero-order chi connectivity index (χ0) is 18.8. The Morgan fingerprint density at radius 2 is 1.70 bits per heavy atom. The molecule has 1 aromatic heterocycles. The van der Waals surface area contributed by atoms with Gasteiger partial charge < -0.3 is 9.80 Å². The van der Waals surface area contributed by atoms with Gasteiger partial charge in [0.25, 0.3) is 0 Å². The standard InChI is InChI=1S/C20H29FN6/c1-15(2)27-20(22-23-24-27)19(16-7-9-17(21)10-8-16)26-13-11-25(12-14-26)18-5-3-4-6-18/h7-10,15,18-19H,3-6,11-14H2,1-2H3/p+2/t19-/m1/s1. The van der Waals surface area contributed by atoms with Crippen molar-refractivity contribution in [1.82, 2.24) is 20.2 Å². The van der Waals surface area contributed by atoms with E-state index in [1.807, 2.05) is 16.8 Å². The second-order valence-electron chi connectivity index (χ2n) is 8.36. The van der Waals surface area contributed by atoms with Gasteiger partial charge in [0.15, 0.2) is 6.04 Å². The van der Waals surface area contributed by atoms with Crippen molar-refractivity contribution >= 4 is 0 Å². The normalized spacial score (nSPS) is 25.2. The van der Waals surface area contributed by atoms with Crippen molar-refractivity contribution in [3.63, 3.8) is 0 Å². The maximum atomic E-state index is 13.5. The van der Waals surface area contributed by atoms with Crippen LogP contribution in [0.1, 0.15) is 63.0 Å². The van der Waals surface area contributed by atoms with Crippen LogP contribution in [0.5, 0.6) is 0 Å². The van der Waals surface area contributed by atoms with Gasteiger partial charge in [-0.15, -0.1) is 5.10 Å². The molecule has 0 unspecified atom stereocenters. The third kappa shape index (κ3) is 3.89. The minimum absolute atomic E-state index is 0.0492. The average Bonchev–Trinajstić information content (AvgIpc) is 3.36. The summed E-state index contributed by atoms with van der Waals surface area (Å²) < 4.78 is 15.4. The molecule has 2 N–H and O–H groups in total. The molecule has 2 aliphatic rings. The number of halogens is 1. The van der Waals surface area contributed by atoms with E-state index in [4.69, 9.17) is 0 Å². The highest BCUT2D eigenvalue weighted by molar-refractivity contribution is 5.23. The number of nitrogens with one attached hydrogen (secondary N) is 2. The predicted octanol–water partition coefficient (Wildman–Crippen LogP) is 0.209. The summed E-state index contributed by atoms with van der Waals surface area (Å²) in [4.78, 5) is 3.26. The molecule has 1 atom stereocenters. The second-order valence-corrected chi connectivity index (χ2v) is 8.36. The summed E-state index contributed by atoms with van der Waals surface area (Å²) in [5.41, 5.74) is 1.09. The largest absolute Gasteiger partial charge is 0.323 e. The fraction of sp³-hybridized carbons (Fsp3) is 0.650. The van der Waals surface area contributed by atoms with Crippen molar-refractivity contribution in [2.24, 2.45) is 0 Å². The molecule has 1 aromatic carbocycles. The first kappa shape index (κ1) is 18.5. The number of quaternary nitrogens is 2. The predicted molar refractivity (Wildman–Crippen MR) is 100 cm³/mol. The summed E-state index contributed by atoms with van der Waals surface area (Å²) in [6.07, 6.45) is 5.56. The molecule has 0 amide bonds. The summed E-state index contributed by atoms with van der Waals surface area (Å²) >= 11 is 0. The second kappa shape index (κ2) is 8.02. The minimum atomic E-state index is -0.202. The van der Waals surface area contributed by atoms with Crippen molar-refractivity contribution < 1.29 is 14.2 Å². The van der Waals surface area contributed by atoms with Crippen LogP contribution >= 0.6 is 0 Å². The molecule has 146 valence electrons. The molecule has 4 rings (SSSR count). The fourth-order valence-corrected chi connectivity index (χ4v) is 4.90. The lowest BCUT2D eigenvalue weighted by Crippen LogP contribution is -3.29. The number of rotatable bonds is 5. The Labute approximate surface area is 160 Å². The molecule has 7 heteroatoms. The Bertz CT molecular complexity index is 729. The first-order valence-electron chi connectivity index (χ1n) is 10.4. The molecule has 1 saturated heterocycles. The topological polar surface area (TPSA) is 52.5 Å². The van der Waals surface area contributed by atoms with Gasteiger partial charge in [-0.2, -0.15) is 0 Å². The van der Waals surface area contributed by atoms with E-state index < -0.39 is 0 Å². The molecular formula is C20H31FN6+2. The van der Waals surface area contributed by atoms with Crippen LogP contribution in [0, 0.1) is 5.82 Å². The molecule has 0 spiro atoms. The molecule has 2 fully saturated rings. The lowest BCUT2D eigenvalue weighted by atomic mass is 10.0. The van der Waals surface area contributed by atoms with Gasteiger partial charge in [-0.25, -0.2) is 9.07 Å². The molecule has 1 aliphatic carbocycles. The number of benzene rings is 1. The summed E-state index contributed by atoms with van der Waals surface area (Å²) in [6, 6.07) is 7.98. The molecule has 0 radical (unpaired) electrons. The van der Waals surface area contributed by atoms with Gasteiger partial charge in [-0.3, -0.25) is 0 Å². The van der Waals surface area contributed by atoms with Gasteiger partial charge >= 0.3 is 0 Å². The van der Waals surface area contributed by atoms with Crippen molar-refractivity contribution in [3.05, 3.63) is 41.5 Å². The summed E-state index contributed by atoms with van der Waals surface area (Å²) in [6.45, 7) is 8.78. The smallest absolute Gasteiger partial charge is 0.214 e. The zero-order valence-corrected chi connectivity index (χ0v) is 16.4. The van der Waals surface area contributed by atoms with Gasteiger partial charge in [0, 0.05) is 5.56 Å². The van der Waals surface area contributed by atoms with Crippen molar-refractivity contribution in [3.8, 4) is 0 Å². The first-order valence-corrected chi connectivity index (χ1v) is 10.4. The maximum Gasteiger partial charge on any atom is 0.214 e. The number of piperazine rings is 1. The quantitative estimate of drug-likeness (QED) is 0.787. The number of nitrogens with zero attached hydrogens (tertiary/aromatic N) is 4. The molecule has 1 aliphatic heterocycles. The molecule has 6 nitrogen and oxygen atoms in total. The van der Waals surface area contributed by atoms with Crippen molar-refractivity contribution in [2.45, 2.75) is 57.7 Å². The van der Waals surface area contributed by atoms with Crippen molar-refractivity contribution in [2.75, 3.05) is 26.2 Å². The Morgan fingerprint density at radius 1 is 1.04 bits per heavy atom. The number of hydrogen-bond acceptors (Lipinski definition) is 3. The van der Waals surface area contributed by atoms with E-state index in [0.29, 0.717) is 0 Å². The Balaban J connectivity index is 1.58. The first-order chi connectivity index (χ1) is 13.1. The highest BCUT2D eigenvalue weighted by Crippen LogP contribution is 2.20. The van der Waals surface area contributed by atoms with E-state index in [2.05, 4.69) is 29.4 Å². The van der Waals surface area contributed by atoms with E-state index in [0.717, 1.165) is 30.5 Å². The fourth-order valence-electron chi connectivity index (χ4n) is 4.90. The van der Waals surface area contributed by atoms with Gasteiger partial charge in [-0.05, 0) is 74.2 Å². The summed E-state index contributed by atoms with van der Waals surface area (Å²) in [7, 11) is 0. The maximum absolute atomic E-state index is 13.5. The van der Waals surface area contributed by atoms with Gasteiger partial charge in [-0.1, -0.05) is 0 Å². The highest BCUT2D eigenvalue weighted by Gasteiger charge is 2.38. The van der Waals surface area contributed by atoms with Gasteiger partial charge in [0.1, 0.15) is 32.0 Å². The molecular weight excluding hydrogens is 343 g/mol. The van der Waals surface area contributed by atoms with Crippen LogP contribution in [0.25, 0.3) is 0 Å². The number of hydrogen-bond donors (Lipinski definition) is 2. The van der Waals surface area contributed by atoms with E-state index in [-0.39, 0.29) is 17.9 Å². The minimum Gasteiger partial charge on any atom is -0.323 e. The lowest BCUT2D eigenvalue weighted by molar-refractivity contribution is -1.03. The average molecular weight is 375 g/mol. The van der Waals surface area contributed by atoms with Crippen molar-refractivity contribution in [1.29, 1.82) is 0 Å². The molecule has 27 heavy (non-hydrogen) atoms. The summed E-state index contributed by atoms with van der Waals surface area (Å²) in [5.74, 6) is 0.683. The SMILES string of the molecule is CC(C)n1nnnc1[C@@H](c1ccc(F)cc1)[NH+]1CC[NH+](C2CCCC2)CC1. The van der Waals surface area contributed by atoms with E-state index in [9.17, 15) is 4.39 Å². The van der Waals surface area contributed by atoms with Crippen LogP contribution in [0.15, 0.2) is 24.3 Å². The Kier molecular flexibility index (Phi) is 5.50. The third-order valence-electron chi connectivity index (χ3n) is 6.34. The Morgan fingerprint density at radius 3 is 2.33 bits per heavy atom.